The SMILES string of the molecule is Cc1ncc(CO)c(/C=N/NC(=O)c2cc(-c3cccnc3)nc3ccccc23)c1O. The fourth-order valence-electron chi connectivity index (χ4n) is 3.16. The summed E-state index contributed by atoms with van der Waals surface area (Å²) in [5, 5.41) is 24.3. The molecular formula is C23H19N5O3. The number of aliphatic hydroxyl groups excluding tert-OH is 1. The van der Waals surface area contributed by atoms with E-state index in [-0.39, 0.29) is 12.4 Å². The first-order valence-electron chi connectivity index (χ1n) is 9.50. The molecule has 3 N–H and O–H groups in total. The normalized spacial score (nSPS) is 11.2. The van der Waals surface area contributed by atoms with E-state index in [0.29, 0.717) is 39.0 Å². The van der Waals surface area contributed by atoms with E-state index in [9.17, 15) is 15.0 Å². The Kier molecular flexibility index (Phi) is 5.63. The van der Waals surface area contributed by atoms with Gasteiger partial charge in [-0.05, 0) is 31.2 Å². The summed E-state index contributed by atoms with van der Waals surface area (Å²) in [7, 11) is 0. The van der Waals surface area contributed by atoms with E-state index < -0.39 is 5.91 Å². The monoisotopic (exact) mass is 413 g/mol. The van der Waals surface area contributed by atoms with Crippen molar-refractivity contribution in [3.63, 3.8) is 0 Å². The van der Waals surface area contributed by atoms with Crippen LogP contribution in [0.2, 0.25) is 0 Å². The van der Waals surface area contributed by atoms with Gasteiger partial charge >= 0.3 is 0 Å². The lowest BCUT2D eigenvalue weighted by Crippen LogP contribution is -2.18. The summed E-state index contributed by atoms with van der Waals surface area (Å²) in [6.07, 6.45) is 6.10. The van der Waals surface area contributed by atoms with Gasteiger partial charge in [-0.2, -0.15) is 5.10 Å². The number of amides is 1. The van der Waals surface area contributed by atoms with Crippen molar-refractivity contribution >= 4 is 23.0 Å². The molecule has 0 bridgehead atoms. The number of rotatable bonds is 5. The second kappa shape index (κ2) is 8.68. The van der Waals surface area contributed by atoms with Gasteiger partial charge in [0, 0.05) is 40.7 Å². The molecule has 31 heavy (non-hydrogen) atoms. The third-order valence-electron chi connectivity index (χ3n) is 4.81. The van der Waals surface area contributed by atoms with Gasteiger partial charge in [-0.15, -0.1) is 0 Å². The summed E-state index contributed by atoms with van der Waals surface area (Å²) >= 11 is 0. The van der Waals surface area contributed by atoms with Crippen LogP contribution in [-0.4, -0.2) is 37.3 Å². The van der Waals surface area contributed by atoms with Gasteiger partial charge < -0.3 is 10.2 Å². The molecule has 0 aliphatic carbocycles. The smallest absolute Gasteiger partial charge is 0.272 e. The maximum Gasteiger partial charge on any atom is 0.272 e. The molecule has 0 saturated carbocycles. The molecule has 4 aromatic rings. The highest BCUT2D eigenvalue weighted by molar-refractivity contribution is 6.07. The van der Waals surface area contributed by atoms with Gasteiger partial charge in [0.1, 0.15) is 5.75 Å². The molecule has 0 atom stereocenters. The van der Waals surface area contributed by atoms with Crippen molar-refractivity contribution in [3.8, 4) is 17.0 Å². The van der Waals surface area contributed by atoms with Crippen molar-refractivity contribution in [3.05, 3.63) is 83.4 Å². The first-order valence-corrected chi connectivity index (χ1v) is 9.50. The number of nitrogens with zero attached hydrogens (tertiary/aromatic N) is 4. The quantitative estimate of drug-likeness (QED) is 0.342. The maximum atomic E-state index is 12.9. The van der Waals surface area contributed by atoms with Crippen LogP contribution in [0.4, 0.5) is 0 Å². The topological polar surface area (TPSA) is 121 Å². The molecule has 3 aromatic heterocycles. The number of aromatic hydroxyl groups is 1. The van der Waals surface area contributed by atoms with Gasteiger partial charge in [0.05, 0.1) is 35.3 Å². The zero-order valence-corrected chi connectivity index (χ0v) is 16.6. The molecule has 0 saturated heterocycles. The third kappa shape index (κ3) is 4.10. The highest BCUT2D eigenvalue weighted by Crippen LogP contribution is 2.25. The molecule has 4 rings (SSSR count). The van der Waals surface area contributed by atoms with Gasteiger partial charge in [-0.25, -0.2) is 10.4 Å². The van der Waals surface area contributed by atoms with Crippen molar-refractivity contribution in [2.75, 3.05) is 0 Å². The van der Waals surface area contributed by atoms with Gasteiger partial charge in [-0.3, -0.25) is 14.8 Å². The van der Waals surface area contributed by atoms with Crippen molar-refractivity contribution in [1.82, 2.24) is 20.4 Å². The van der Waals surface area contributed by atoms with Crippen LogP contribution in [-0.2, 0) is 6.61 Å². The zero-order chi connectivity index (χ0) is 21.8. The molecule has 8 nitrogen and oxygen atoms in total. The highest BCUT2D eigenvalue weighted by Gasteiger charge is 2.14. The van der Waals surface area contributed by atoms with Crippen LogP contribution >= 0.6 is 0 Å². The number of hydrogen-bond donors (Lipinski definition) is 3. The lowest BCUT2D eigenvalue weighted by Gasteiger charge is -2.09. The molecule has 0 radical (unpaired) electrons. The predicted molar refractivity (Wildman–Crippen MR) is 117 cm³/mol. The summed E-state index contributed by atoms with van der Waals surface area (Å²) in [4.78, 5) is 25.7. The van der Waals surface area contributed by atoms with E-state index in [1.807, 2.05) is 30.3 Å². The van der Waals surface area contributed by atoms with Crippen LogP contribution in [0.1, 0.15) is 27.2 Å². The Balaban J connectivity index is 1.69. The average molecular weight is 413 g/mol. The lowest BCUT2D eigenvalue weighted by atomic mass is 10.0. The molecule has 3 heterocycles. The second-order valence-corrected chi connectivity index (χ2v) is 6.80. The van der Waals surface area contributed by atoms with Crippen LogP contribution in [0.5, 0.6) is 5.75 Å². The summed E-state index contributed by atoms with van der Waals surface area (Å²) < 4.78 is 0. The first kappa shape index (κ1) is 20.1. The van der Waals surface area contributed by atoms with Gasteiger partial charge in [-0.1, -0.05) is 18.2 Å². The molecule has 1 aromatic carbocycles. The van der Waals surface area contributed by atoms with E-state index in [1.165, 1.54) is 12.4 Å². The molecule has 8 heteroatoms. The van der Waals surface area contributed by atoms with Gasteiger partial charge in [0.2, 0.25) is 0 Å². The van der Waals surface area contributed by atoms with Crippen LogP contribution in [0, 0.1) is 6.92 Å². The fraction of sp³-hybridized carbons (Fsp3) is 0.0870. The number of carbonyl (C=O) groups excluding carboxylic acids is 1. The number of carbonyl (C=O) groups is 1. The number of nitrogens with one attached hydrogen (secondary N) is 1. The standard InChI is InChI=1S/C23H19N5O3/c1-14-22(30)19(16(13-29)11-25-14)12-26-28-23(31)18-9-21(15-5-4-8-24-10-15)27-20-7-3-2-6-17(18)20/h2-12,29-30H,13H2,1H3,(H,28,31)/b26-12+. The number of aryl methyl sites for hydroxylation is 1. The largest absolute Gasteiger partial charge is 0.505 e. The number of hydrogen-bond acceptors (Lipinski definition) is 7. The molecule has 1 amide bonds. The highest BCUT2D eigenvalue weighted by atomic mass is 16.3. The number of pyridine rings is 3. The third-order valence-corrected chi connectivity index (χ3v) is 4.81. The predicted octanol–water partition coefficient (Wildman–Crippen LogP) is 2.96. The minimum Gasteiger partial charge on any atom is -0.505 e. The summed E-state index contributed by atoms with van der Waals surface area (Å²) in [5.74, 6) is -0.534. The Labute approximate surface area is 178 Å². The van der Waals surface area contributed by atoms with Crippen LogP contribution in [0.3, 0.4) is 0 Å². The molecule has 154 valence electrons. The second-order valence-electron chi connectivity index (χ2n) is 6.80. The van der Waals surface area contributed by atoms with Gasteiger partial charge in [0.25, 0.3) is 5.91 Å². The number of aliphatic hydroxyl groups is 1. The van der Waals surface area contributed by atoms with E-state index in [2.05, 4.69) is 25.5 Å². The average Bonchev–Trinajstić information content (AvgIpc) is 2.81. The number of aromatic nitrogens is 3. The van der Waals surface area contributed by atoms with Gasteiger partial charge in [0.15, 0.2) is 0 Å². The number of para-hydroxylation sites is 1. The number of benzene rings is 1. The van der Waals surface area contributed by atoms with E-state index in [4.69, 9.17) is 0 Å². The summed E-state index contributed by atoms with van der Waals surface area (Å²) in [6.45, 7) is 1.31. The Hall–Kier alpha value is -4.17. The van der Waals surface area contributed by atoms with Crippen LogP contribution in [0.15, 0.2) is 66.2 Å². The number of fused-ring (bicyclic) bond motifs is 1. The minimum atomic E-state index is -0.434. The van der Waals surface area contributed by atoms with Crippen LogP contribution in [0.25, 0.3) is 22.2 Å². The first-order chi connectivity index (χ1) is 15.1. The molecule has 0 aliphatic heterocycles. The lowest BCUT2D eigenvalue weighted by molar-refractivity contribution is 0.0956. The summed E-state index contributed by atoms with van der Waals surface area (Å²) in [5.41, 5.74) is 6.06. The van der Waals surface area contributed by atoms with Crippen molar-refractivity contribution in [2.45, 2.75) is 13.5 Å². The van der Waals surface area contributed by atoms with Crippen molar-refractivity contribution in [1.29, 1.82) is 0 Å². The van der Waals surface area contributed by atoms with Crippen molar-refractivity contribution < 1.29 is 15.0 Å². The van der Waals surface area contributed by atoms with E-state index >= 15 is 0 Å². The minimum absolute atomic E-state index is 0.0993. The molecule has 0 aliphatic rings. The van der Waals surface area contributed by atoms with Crippen LogP contribution < -0.4 is 5.43 Å². The number of hydrazone groups is 1. The maximum absolute atomic E-state index is 12.9. The summed E-state index contributed by atoms with van der Waals surface area (Å²) in [6, 6.07) is 12.7. The molecule has 0 unspecified atom stereocenters. The molecule has 0 fully saturated rings. The molecular weight excluding hydrogens is 394 g/mol. The Morgan fingerprint density at radius 2 is 2.03 bits per heavy atom. The van der Waals surface area contributed by atoms with Crippen molar-refractivity contribution in [2.24, 2.45) is 5.10 Å². The Bertz CT molecular complexity index is 1290. The Morgan fingerprint density at radius 1 is 1.19 bits per heavy atom. The van der Waals surface area contributed by atoms with E-state index in [1.54, 1.807) is 31.5 Å². The fourth-order valence-corrected chi connectivity index (χ4v) is 3.16. The van der Waals surface area contributed by atoms with E-state index in [0.717, 1.165) is 5.56 Å². The Morgan fingerprint density at radius 3 is 2.81 bits per heavy atom. The zero-order valence-electron chi connectivity index (χ0n) is 16.6. The molecule has 0 spiro atoms.